The fraction of sp³-hybridized carbons (Fsp3) is 0.0526. The summed E-state index contributed by atoms with van der Waals surface area (Å²) in [7, 11) is 1.61. The number of methoxy groups -OCH3 is 1. The number of nitrogens with zero attached hydrogens (tertiary/aromatic N) is 1. The molecule has 0 spiro atoms. The van der Waals surface area contributed by atoms with Crippen LogP contribution in [0, 0.1) is 0 Å². The minimum atomic E-state index is -0.174. The van der Waals surface area contributed by atoms with Gasteiger partial charge in [0.25, 0.3) is 5.91 Å². The number of anilines is 2. The van der Waals surface area contributed by atoms with Gasteiger partial charge in [0, 0.05) is 23.5 Å². The number of ether oxygens (including phenoxy) is 1. The number of hydrogen-bond donors (Lipinski definition) is 2. The third-order valence-electron chi connectivity index (χ3n) is 3.99. The summed E-state index contributed by atoms with van der Waals surface area (Å²) in [6.45, 7) is 0. The van der Waals surface area contributed by atoms with E-state index in [0.717, 1.165) is 22.4 Å². The lowest BCUT2D eigenvalue weighted by molar-refractivity contribution is -0.110. The molecule has 2 aromatic heterocycles. The first-order valence-electron chi connectivity index (χ1n) is 7.70. The minimum absolute atomic E-state index is 0.174. The molecule has 0 fully saturated rings. The molecule has 0 aliphatic carbocycles. The van der Waals surface area contributed by atoms with Gasteiger partial charge in [0.15, 0.2) is 0 Å². The number of para-hydroxylation sites is 2. The molecule has 5 nitrogen and oxygen atoms in total. The van der Waals surface area contributed by atoms with Crippen molar-refractivity contribution in [1.82, 2.24) is 4.98 Å². The molecular weight excluding hydrogens is 334 g/mol. The Kier molecular flexibility index (Phi) is 3.95. The number of carbonyl (C=O) groups is 1. The summed E-state index contributed by atoms with van der Waals surface area (Å²) in [5.41, 5.74) is 4.21. The number of fused-ring (bicyclic) bond motifs is 1. The van der Waals surface area contributed by atoms with Crippen LogP contribution in [0.1, 0.15) is 5.56 Å². The zero-order valence-electron chi connectivity index (χ0n) is 13.4. The quantitative estimate of drug-likeness (QED) is 0.692. The fourth-order valence-corrected chi connectivity index (χ4v) is 3.38. The molecule has 4 rings (SSSR count). The van der Waals surface area contributed by atoms with Crippen LogP contribution in [0.2, 0.25) is 0 Å². The highest BCUT2D eigenvalue weighted by atomic mass is 32.1. The average Bonchev–Trinajstić information content (AvgIpc) is 3.27. The van der Waals surface area contributed by atoms with Crippen LogP contribution in [0.4, 0.5) is 11.5 Å². The predicted octanol–water partition coefficient (Wildman–Crippen LogP) is 4.22. The van der Waals surface area contributed by atoms with E-state index in [1.54, 1.807) is 30.8 Å². The van der Waals surface area contributed by atoms with Crippen LogP contribution in [0.25, 0.3) is 16.7 Å². The van der Waals surface area contributed by atoms with Crippen molar-refractivity contribution in [3.8, 4) is 16.9 Å². The van der Waals surface area contributed by atoms with Gasteiger partial charge in [-0.25, -0.2) is 4.98 Å². The molecule has 0 saturated heterocycles. The highest BCUT2D eigenvalue weighted by Gasteiger charge is 2.26. The van der Waals surface area contributed by atoms with Gasteiger partial charge in [-0.3, -0.25) is 4.79 Å². The first-order chi connectivity index (χ1) is 12.3. The molecule has 3 heterocycles. The van der Waals surface area contributed by atoms with Gasteiger partial charge in [-0.15, -0.1) is 0 Å². The molecule has 0 unspecified atom stereocenters. The van der Waals surface area contributed by atoms with Crippen molar-refractivity contribution in [2.24, 2.45) is 0 Å². The Morgan fingerprint density at radius 3 is 2.92 bits per heavy atom. The molecule has 1 aliphatic heterocycles. The van der Waals surface area contributed by atoms with Gasteiger partial charge < -0.3 is 15.4 Å². The third-order valence-corrected chi connectivity index (χ3v) is 4.67. The first kappa shape index (κ1) is 15.4. The van der Waals surface area contributed by atoms with E-state index in [-0.39, 0.29) is 5.91 Å². The molecule has 0 radical (unpaired) electrons. The van der Waals surface area contributed by atoms with Crippen molar-refractivity contribution in [2.75, 3.05) is 17.7 Å². The van der Waals surface area contributed by atoms with E-state index >= 15 is 0 Å². The molecule has 124 valence electrons. The summed E-state index contributed by atoms with van der Waals surface area (Å²) < 4.78 is 5.32. The zero-order valence-corrected chi connectivity index (χ0v) is 14.3. The number of thiophene rings is 1. The molecule has 0 bridgehead atoms. The van der Waals surface area contributed by atoms with Gasteiger partial charge in [-0.2, -0.15) is 11.3 Å². The second-order valence-electron chi connectivity index (χ2n) is 5.49. The van der Waals surface area contributed by atoms with E-state index in [2.05, 4.69) is 21.0 Å². The van der Waals surface area contributed by atoms with Crippen molar-refractivity contribution in [3.05, 3.63) is 65.1 Å². The number of amides is 1. The molecule has 25 heavy (non-hydrogen) atoms. The molecule has 0 saturated carbocycles. The number of pyridine rings is 1. The van der Waals surface area contributed by atoms with Crippen molar-refractivity contribution in [1.29, 1.82) is 0 Å². The summed E-state index contributed by atoms with van der Waals surface area (Å²) in [4.78, 5) is 16.7. The Hall–Kier alpha value is -3.12. The molecule has 2 N–H and O–H groups in total. The fourth-order valence-electron chi connectivity index (χ4n) is 2.71. The SMILES string of the molecule is COc1ccccc1N/C=C1\C(=O)Nc2ncc(-c3ccsc3)cc21. The average molecular weight is 349 g/mol. The van der Waals surface area contributed by atoms with Gasteiger partial charge in [0.05, 0.1) is 18.4 Å². The number of benzene rings is 1. The van der Waals surface area contributed by atoms with Crippen LogP contribution in [-0.2, 0) is 4.79 Å². The third kappa shape index (κ3) is 2.88. The van der Waals surface area contributed by atoms with E-state index < -0.39 is 0 Å². The minimum Gasteiger partial charge on any atom is -0.495 e. The molecule has 0 atom stereocenters. The molecule has 6 heteroatoms. The maximum Gasteiger partial charge on any atom is 0.259 e. The Bertz CT molecular complexity index is 965. The van der Waals surface area contributed by atoms with E-state index in [4.69, 9.17) is 4.74 Å². The molecule has 1 amide bonds. The van der Waals surface area contributed by atoms with Crippen molar-refractivity contribution >= 4 is 34.3 Å². The monoisotopic (exact) mass is 349 g/mol. The van der Waals surface area contributed by atoms with Crippen LogP contribution in [0.15, 0.2) is 59.6 Å². The summed E-state index contributed by atoms with van der Waals surface area (Å²) in [5, 5.41) is 10.0. The standard InChI is InChI=1S/C19H15N3O2S/c1-24-17-5-3-2-4-16(17)20-10-15-14-8-13(12-6-7-25-11-12)9-21-18(14)22-19(15)23/h2-11,20H,1H3,(H,21,22,23)/b15-10-. The van der Waals surface area contributed by atoms with E-state index in [9.17, 15) is 4.79 Å². The van der Waals surface area contributed by atoms with Crippen molar-refractivity contribution in [3.63, 3.8) is 0 Å². The Morgan fingerprint density at radius 1 is 1.24 bits per heavy atom. The van der Waals surface area contributed by atoms with Crippen molar-refractivity contribution in [2.45, 2.75) is 0 Å². The maximum atomic E-state index is 12.3. The summed E-state index contributed by atoms with van der Waals surface area (Å²) in [6.07, 6.45) is 3.47. The predicted molar refractivity (Wildman–Crippen MR) is 101 cm³/mol. The molecule has 1 aromatic carbocycles. The van der Waals surface area contributed by atoms with Crippen LogP contribution < -0.4 is 15.4 Å². The molecular formula is C19H15N3O2S. The number of carbonyl (C=O) groups excluding carboxylic acids is 1. The van der Waals surface area contributed by atoms with E-state index in [1.165, 1.54) is 0 Å². The summed E-state index contributed by atoms with van der Waals surface area (Å²) in [5.74, 6) is 1.12. The second kappa shape index (κ2) is 6.41. The van der Waals surface area contributed by atoms with Crippen LogP contribution >= 0.6 is 11.3 Å². The van der Waals surface area contributed by atoms with Gasteiger partial charge in [-0.05, 0) is 40.6 Å². The molecule has 1 aliphatic rings. The summed E-state index contributed by atoms with van der Waals surface area (Å²) in [6, 6.07) is 11.6. The highest BCUT2D eigenvalue weighted by molar-refractivity contribution is 7.08. The number of rotatable bonds is 4. The first-order valence-corrected chi connectivity index (χ1v) is 8.64. The summed E-state index contributed by atoms with van der Waals surface area (Å²) >= 11 is 1.63. The Labute approximate surface area is 149 Å². The van der Waals surface area contributed by atoms with Crippen molar-refractivity contribution < 1.29 is 9.53 Å². The Balaban J connectivity index is 1.70. The Morgan fingerprint density at radius 2 is 2.12 bits per heavy atom. The number of hydrogen-bond acceptors (Lipinski definition) is 5. The van der Waals surface area contributed by atoms with E-state index in [1.807, 2.05) is 41.8 Å². The number of aromatic nitrogens is 1. The lowest BCUT2D eigenvalue weighted by Gasteiger charge is -2.08. The number of nitrogens with one attached hydrogen (secondary N) is 2. The van der Waals surface area contributed by atoms with E-state index in [0.29, 0.717) is 17.1 Å². The lowest BCUT2D eigenvalue weighted by Crippen LogP contribution is -2.05. The largest absolute Gasteiger partial charge is 0.495 e. The van der Waals surface area contributed by atoms with Gasteiger partial charge in [-0.1, -0.05) is 12.1 Å². The highest BCUT2D eigenvalue weighted by Crippen LogP contribution is 2.34. The maximum absolute atomic E-state index is 12.3. The van der Waals surface area contributed by atoms with Crippen LogP contribution in [0.3, 0.4) is 0 Å². The van der Waals surface area contributed by atoms with Gasteiger partial charge in [0.1, 0.15) is 11.6 Å². The second-order valence-corrected chi connectivity index (χ2v) is 6.27. The normalized spacial score (nSPS) is 14.3. The zero-order chi connectivity index (χ0) is 17.2. The van der Waals surface area contributed by atoms with Gasteiger partial charge >= 0.3 is 0 Å². The topological polar surface area (TPSA) is 63.2 Å². The van der Waals surface area contributed by atoms with Crippen LogP contribution in [-0.4, -0.2) is 18.0 Å². The van der Waals surface area contributed by atoms with Gasteiger partial charge in [0.2, 0.25) is 0 Å². The lowest BCUT2D eigenvalue weighted by atomic mass is 10.1. The van der Waals surface area contributed by atoms with Crippen LogP contribution in [0.5, 0.6) is 5.75 Å². The molecule has 3 aromatic rings. The smallest absolute Gasteiger partial charge is 0.259 e.